The van der Waals surface area contributed by atoms with E-state index in [1.807, 2.05) is 30.5 Å². The molecule has 1 aromatic carbocycles. The maximum absolute atomic E-state index is 12.2. The van der Waals surface area contributed by atoms with E-state index in [0.29, 0.717) is 19.4 Å². The third-order valence-electron chi connectivity index (χ3n) is 4.20. The van der Waals surface area contributed by atoms with Gasteiger partial charge < -0.3 is 20.9 Å². The second-order valence-electron chi connectivity index (χ2n) is 5.78. The molecule has 2 amide bonds. The smallest absolute Gasteiger partial charge is 0.244 e. The minimum absolute atomic E-state index is 0. The van der Waals surface area contributed by atoms with E-state index < -0.39 is 12.1 Å². The van der Waals surface area contributed by atoms with Crippen LogP contribution >= 0.6 is 12.4 Å². The Bertz CT molecular complexity index is 715. The second-order valence-corrected chi connectivity index (χ2v) is 5.78. The number of aromatic nitrogens is 1. The first-order valence-electron chi connectivity index (χ1n) is 7.42. The molecule has 1 aliphatic rings. The summed E-state index contributed by atoms with van der Waals surface area (Å²) in [4.78, 5) is 28.8. The van der Waals surface area contributed by atoms with Crippen LogP contribution in [0.5, 0.6) is 0 Å². The van der Waals surface area contributed by atoms with Crippen LogP contribution in [0.4, 0.5) is 0 Å². The summed E-state index contributed by atoms with van der Waals surface area (Å²) in [5.74, 6) is -0.327. The van der Waals surface area contributed by atoms with Crippen LogP contribution in [0.2, 0.25) is 0 Å². The van der Waals surface area contributed by atoms with Crippen molar-refractivity contribution < 1.29 is 9.59 Å². The summed E-state index contributed by atoms with van der Waals surface area (Å²) in [6.45, 7) is 0.668. The van der Waals surface area contributed by atoms with E-state index in [1.54, 1.807) is 11.9 Å². The fraction of sp³-hybridized carbons (Fsp3) is 0.375. The topological polar surface area (TPSA) is 91.2 Å². The zero-order chi connectivity index (χ0) is 15.7. The molecule has 23 heavy (non-hydrogen) atoms. The van der Waals surface area contributed by atoms with Gasteiger partial charge in [0.15, 0.2) is 0 Å². The number of carbonyl (C=O) groups is 2. The number of nitrogens with one attached hydrogen (secondary N) is 2. The molecular formula is C16H21ClN4O2. The molecule has 0 spiro atoms. The van der Waals surface area contributed by atoms with Gasteiger partial charge in [0, 0.05) is 30.7 Å². The van der Waals surface area contributed by atoms with Crippen molar-refractivity contribution in [2.75, 3.05) is 13.6 Å². The van der Waals surface area contributed by atoms with Crippen LogP contribution in [0.25, 0.3) is 10.9 Å². The van der Waals surface area contributed by atoms with Crippen LogP contribution in [-0.2, 0) is 16.0 Å². The predicted octanol–water partition coefficient (Wildman–Crippen LogP) is 0.806. The molecule has 0 radical (unpaired) electrons. The third-order valence-corrected chi connectivity index (χ3v) is 4.20. The van der Waals surface area contributed by atoms with Crippen molar-refractivity contribution in [2.24, 2.45) is 5.73 Å². The zero-order valence-corrected chi connectivity index (χ0v) is 13.7. The lowest BCUT2D eigenvalue weighted by molar-refractivity contribution is -0.132. The SMILES string of the molecule is CN1CCC(NC(=O)[C@@H](N)Cc2c[nH]c3ccccc23)C1=O.Cl. The van der Waals surface area contributed by atoms with Crippen LogP contribution < -0.4 is 11.1 Å². The predicted molar refractivity (Wildman–Crippen MR) is 91.4 cm³/mol. The lowest BCUT2D eigenvalue weighted by atomic mass is 10.0. The number of para-hydroxylation sites is 1. The number of H-pyrrole nitrogens is 1. The standard InChI is InChI=1S/C16H20N4O2.ClH/c1-20-7-6-14(16(20)22)19-15(21)12(17)8-10-9-18-13-5-3-2-4-11(10)13;/h2-5,9,12,14,18H,6-8,17H2,1H3,(H,19,21);1H/t12-,14?;/m0./s1. The molecule has 1 fully saturated rings. The van der Waals surface area contributed by atoms with Gasteiger partial charge in [-0.2, -0.15) is 0 Å². The van der Waals surface area contributed by atoms with Crippen molar-refractivity contribution in [1.82, 2.24) is 15.2 Å². The summed E-state index contributed by atoms with van der Waals surface area (Å²) < 4.78 is 0. The molecule has 3 rings (SSSR count). The van der Waals surface area contributed by atoms with E-state index >= 15 is 0 Å². The minimum Gasteiger partial charge on any atom is -0.361 e. The molecular weight excluding hydrogens is 316 g/mol. The molecule has 1 unspecified atom stereocenters. The van der Waals surface area contributed by atoms with Crippen molar-refractivity contribution in [2.45, 2.75) is 24.9 Å². The van der Waals surface area contributed by atoms with E-state index in [2.05, 4.69) is 10.3 Å². The van der Waals surface area contributed by atoms with Gasteiger partial charge >= 0.3 is 0 Å². The van der Waals surface area contributed by atoms with E-state index in [4.69, 9.17) is 5.73 Å². The molecule has 1 aliphatic heterocycles. The molecule has 2 aromatic rings. The number of likely N-dealkylation sites (N-methyl/N-ethyl adjacent to an activating group) is 1. The molecule has 2 atom stereocenters. The van der Waals surface area contributed by atoms with Crippen LogP contribution in [-0.4, -0.2) is 47.4 Å². The molecule has 0 saturated carbocycles. The van der Waals surface area contributed by atoms with E-state index in [1.165, 1.54) is 0 Å². The molecule has 1 aromatic heterocycles. The Kier molecular flexibility index (Phi) is 5.28. The molecule has 4 N–H and O–H groups in total. The number of amides is 2. The summed E-state index contributed by atoms with van der Waals surface area (Å²) in [6.07, 6.45) is 2.96. The normalized spacial score (nSPS) is 18.8. The van der Waals surface area contributed by atoms with Gasteiger partial charge in [0.05, 0.1) is 6.04 Å². The van der Waals surface area contributed by atoms with Crippen LogP contribution in [0.15, 0.2) is 30.5 Å². The molecule has 2 heterocycles. The van der Waals surface area contributed by atoms with Crippen molar-refractivity contribution in [3.8, 4) is 0 Å². The lowest BCUT2D eigenvalue weighted by Gasteiger charge is -2.16. The summed E-state index contributed by atoms with van der Waals surface area (Å²) in [5.41, 5.74) is 8.04. The quantitative estimate of drug-likeness (QED) is 0.771. The average molecular weight is 337 g/mol. The Labute approximate surface area is 140 Å². The molecule has 7 heteroatoms. The van der Waals surface area contributed by atoms with Crippen molar-refractivity contribution >= 4 is 35.1 Å². The van der Waals surface area contributed by atoms with E-state index in [9.17, 15) is 9.59 Å². The van der Waals surface area contributed by atoms with Gasteiger partial charge in [0.1, 0.15) is 6.04 Å². The number of likely N-dealkylation sites (tertiary alicyclic amines) is 1. The highest BCUT2D eigenvalue weighted by molar-refractivity contribution is 5.91. The number of nitrogens with two attached hydrogens (primary N) is 1. The third kappa shape index (κ3) is 3.48. The molecule has 124 valence electrons. The Morgan fingerprint density at radius 3 is 2.91 bits per heavy atom. The van der Waals surface area contributed by atoms with Crippen molar-refractivity contribution in [3.05, 3.63) is 36.0 Å². The fourth-order valence-electron chi connectivity index (χ4n) is 2.87. The molecule has 0 bridgehead atoms. The van der Waals surface area contributed by atoms with Crippen molar-refractivity contribution in [3.63, 3.8) is 0 Å². The largest absolute Gasteiger partial charge is 0.361 e. The highest BCUT2D eigenvalue weighted by Crippen LogP contribution is 2.19. The van der Waals surface area contributed by atoms with Gasteiger partial charge in [-0.25, -0.2) is 0 Å². The zero-order valence-electron chi connectivity index (χ0n) is 12.9. The fourth-order valence-corrected chi connectivity index (χ4v) is 2.87. The van der Waals surface area contributed by atoms with E-state index in [-0.39, 0.29) is 24.2 Å². The number of fused-ring (bicyclic) bond motifs is 1. The van der Waals surface area contributed by atoms with Crippen LogP contribution in [0.3, 0.4) is 0 Å². The Morgan fingerprint density at radius 1 is 1.48 bits per heavy atom. The van der Waals surface area contributed by atoms with Gasteiger partial charge in [0.25, 0.3) is 0 Å². The number of aromatic amines is 1. The molecule has 0 aliphatic carbocycles. The number of carbonyl (C=O) groups excluding carboxylic acids is 2. The minimum atomic E-state index is -0.669. The van der Waals surface area contributed by atoms with Gasteiger partial charge in [-0.05, 0) is 24.5 Å². The second kappa shape index (κ2) is 7.02. The Hall–Kier alpha value is -2.05. The number of benzene rings is 1. The number of hydrogen-bond donors (Lipinski definition) is 3. The summed E-state index contributed by atoms with van der Waals surface area (Å²) in [5, 5.41) is 3.83. The van der Waals surface area contributed by atoms with Gasteiger partial charge in [-0.3, -0.25) is 9.59 Å². The maximum Gasteiger partial charge on any atom is 0.244 e. The van der Waals surface area contributed by atoms with Crippen LogP contribution in [0, 0.1) is 0 Å². The number of hydrogen-bond acceptors (Lipinski definition) is 3. The average Bonchev–Trinajstić information content (AvgIpc) is 3.06. The van der Waals surface area contributed by atoms with E-state index in [0.717, 1.165) is 16.5 Å². The lowest BCUT2D eigenvalue weighted by Crippen LogP contribution is -2.48. The first-order chi connectivity index (χ1) is 10.6. The summed E-state index contributed by atoms with van der Waals surface area (Å²) in [7, 11) is 1.74. The summed E-state index contributed by atoms with van der Waals surface area (Å²) in [6, 6.07) is 6.79. The van der Waals surface area contributed by atoms with Gasteiger partial charge in [0.2, 0.25) is 11.8 Å². The number of rotatable bonds is 4. The Balaban J connectivity index is 0.00000192. The van der Waals surface area contributed by atoms with Crippen molar-refractivity contribution in [1.29, 1.82) is 0 Å². The monoisotopic (exact) mass is 336 g/mol. The highest BCUT2D eigenvalue weighted by Gasteiger charge is 2.31. The molecule has 6 nitrogen and oxygen atoms in total. The summed E-state index contributed by atoms with van der Waals surface area (Å²) >= 11 is 0. The van der Waals surface area contributed by atoms with Gasteiger partial charge in [-0.1, -0.05) is 18.2 Å². The highest BCUT2D eigenvalue weighted by atomic mass is 35.5. The first-order valence-corrected chi connectivity index (χ1v) is 7.42. The first kappa shape index (κ1) is 17.3. The number of nitrogens with zero attached hydrogens (tertiary/aromatic N) is 1. The van der Waals surface area contributed by atoms with Crippen LogP contribution in [0.1, 0.15) is 12.0 Å². The Morgan fingerprint density at radius 2 is 2.22 bits per heavy atom. The number of halogens is 1. The molecule has 1 saturated heterocycles. The maximum atomic E-state index is 12.2. The van der Waals surface area contributed by atoms with Gasteiger partial charge in [-0.15, -0.1) is 12.4 Å².